The Hall–Kier alpha value is -0.290. The molecule has 0 saturated carbocycles. The molecule has 0 atom stereocenters. The first-order valence-electron chi connectivity index (χ1n) is 4.43. The van der Waals surface area contributed by atoms with E-state index in [0.717, 1.165) is 23.1 Å². The molecular formula is C10H9ClINO. The average molecular weight is 322 g/mol. The van der Waals surface area contributed by atoms with Crippen molar-refractivity contribution in [2.75, 3.05) is 13.1 Å². The Labute approximate surface area is 101 Å². The van der Waals surface area contributed by atoms with E-state index < -0.39 is 0 Å². The number of amides is 1. The van der Waals surface area contributed by atoms with Crippen molar-refractivity contribution in [1.29, 1.82) is 0 Å². The number of likely N-dealkylation sites (tertiary alicyclic amines) is 1. The van der Waals surface area contributed by atoms with Crippen molar-refractivity contribution in [1.82, 2.24) is 4.90 Å². The molecule has 74 valence electrons. The molecule has 2 rings (SSSR count). The number of halogens is 2. The standard InChI is InChI=1S/C10H9ClINO/c11-9-3-2-7(12)6-8(9)10(14)13-4-1-5-13/h2-3,6H,1,4-5H2. The summed E-state index contributed by atoms with van der Waals surface area (Å²) in [5, 5.41) is 0.544. The minimum absolute atomic E-state index is 0.0553. The van der Waals surface area contributed by atoms with Gasteiger partial charge in [0.2, 0.25) is 0 Å². The summed E-state index contributed by atoms with van der Waals surface area (Å²) in [4.78, 5) is 13.7. The van der Waals surface area contributed by atoms with Crippen molar-refractivity contribution in [3.05, 3.63) is 32.4 Å². The molecule has 1 aliphatic rings. The second-order valence-corrected chi connectivity index (χ2v) is 4.92. The first-order chi connectivity index (χ1) is 6.68. The number of rotatable bonds is 1. The fourth-order valence-corrected chi connectivity index (χ4v) is 2.04. The highest BCUT2D eigenvalue weighted by Crippen LogP contribution is 2.22. The van der Waals surface area contributed by atoms with Gasteiger partial charge in [-0.3, -0.25) is 4.79 Å². The van der Waals surface area contributed by atoms with E-state index in [1.807, 2.05) is 17.0 Å². The summed E-state index contributed by atoms with van der Waals surface area (Å²) in [7, 11) is 0. The van der Waals surface area contributed by atoms with E-state index in [1.54, 1.807) is 6.07 Å². The molecule has 1 saturated heterocycles. The van der Waals surface area contributed by atoms with Crippen molar-refractivity contribution in [3.63, 3.8) is 0 Å². The normalized spacial score (nSPS) is 15.1. The number of carbonyl (C=O) groups is 1. The van der Waals surface area contributed by atoms with Gasteiger partial charge in [-0.1, -0.05) is 11.6 Å². The quantitative estimate of drug-likeness (QED) is 0.728. The topological polar surface area (TPSA) is 20.3 Å². The maximum Gasteiger partial charge on any atom is 0.255 e. The Kier molecular flexibility index (Phi) is 2.97. The van der Waals surface area contributed by atoms with E-state index in [0.29, 0.717) is 10.6 Å². The molecule has 2 nitrogen and oxygen atoms in total. The van der Waals surface area contributed by atoms with Gasteiger partial charge in [-0.2, -0.15) is 0 Å². The summed E-state index contributed by atoms with van der Waals surface area (Å²) in [6.07, 6.45) is 1.10. The molecule has 0 unspecified atom stereocenters. The summed E-state index contributed by atoms with van der Waals surface area (Å²) in [6, 6.07) is 5.51. The monoisotopic (exact) mass is 321 g/mol. The Balaban J connectivity index is 2.29. The van der Waals surface area contributed by atoms with E-state index in [1.165, 1.54) is 0 Å². The lowest BCUT2D eigenvalue weighted by Gasteiger charge is -2.31. The van der Waals surface area contributed by atoms with Crippen LogP contribution in [0.5, 0.6) is 0 Å². The lowest BCUT2D eigenvalue weighted by atomic mass is 10.1. The molecule has 0 aromatic heterocycles. The first-order valence-corrected chi connectivity index (χ1v) is 5.88. The number of hydrogen-bond donors (Lipinski definition) is 0. The number of benzene rings is 1. The SMILES string of the molecule is O=C(c1cc(I)ccc1Cl)N1CCC1. The predicted octanol–water partition coefficient (Wildman–Crippen LogP) is 2.79. The summed E-state index contributed by atoms with van der Waals surface area (Å²) in [6.45, 7) is 1.72. The fourth-order valence-electron chi connectivity index (χ4n) is 1.35. The highest BCUT2D eigenvalue weighted by molar-refractivity contribution is 14.1. The van der Waals surface area contributed by atoms with Crippen LogP contribution < -0.4 is 0 Å². The zero-order valence-corrected chi connectivity index (χ0v) is 10.4. The van der Waals surface area contributed by atoms with Gasteiger partial charge in [0.15, 0.2) is 0 Å². The van der Waals surface area contributed by atoms with Crippen LogP contribution in [0.3, 0.4) is 0 Å². The van der Waals surface area contributed by atoms with Gasteiger partial charge in [-0.05, 0) is 47.2 Å². The third-order valence-electron chi connectivity index (χ3n) is 2.30. The maximum absolute atomic E-state index is 11.8. The lowest BCUT2D eigenvalue weighted by Crippen LogP contribution is -2.42. The van der Waals surface area contributed by atoms with Crippen LogP contribution >= 0.6 is 34.2 Å². The summed E-state index contributed by atoms with van der Waals surface area (Å²) in [5.41, 5.74) is 0.623. The van der Waals surface area contributed by atoms with Crippen LogP contribution in [0.2, 0.25) is 5.02 Å². The van der Waals surface area contributed by atoms with Gasteiger partial charge in [0, 0.05) is 16.7 Å². The summed E-state index contributed by atoms with van der Waals surface area (Å²) >= 11 is 8.14. The molecule has 14 heavy (non-hydrogen) atoms. The van der Waals surface area contributed by atoms with E-state index in [-0.39, 0.29) is 5.91 Å². The van der Waals surface area contributed by atoms with Gasteiger partial charge in [-0.25, -0.2) is 0 Å². The third kappa shape index (κ3) is 1.88. The number of nitrogens with zero attached hydrogens (tertiary/aromatic N) is 1. The van der Waals surface area contributed by atoms with Crippen molar-refractivity contribution >= 4 is 40.1 Å². The molecule has 0 radical (unpaired) electrons. The Morgan fingerprint density at radius 3 is 2.71 bits per heavy atom. The molecule has 1 heterocycles. The zero-order valence-electron chi connectivity index (χ0n) is 7.46. The van der Waals surface area contributed by atoms with Gasteiger partial charge in [0.05, 0.1) is 10.6 Å². The molecule has 0 N–H and O–H groups in total. The Morgan fingerprint density at radius 2 is 2.14 bits per heavy atom. The van der Waals surface area contributed by atoms with Gasteiger partial charge >= 0.3 is 0 Å². The highest BCUT2D eigenvalue weighted by Gasteiger charge is 2.23. The van der Waals surface area contributed by atoms with Crippen LogP contribution in [0, 0.1) is 3.57 Å². The maximum atomic E-state index is 11.8. The van der Waals surface area contributed by atoms with E-state index in [9.17, 15) is 4.79 Å². The minimum Gasteiger partial charge on any atom is -0.338 e. The Bertz CT molecular complexity index is 376. The number of carbonyl (C=O) groups excluding carboxylic acids is 1. The van der Waals surface area contributed by atoms with Gasteiger partial charge in [-0.15, -0.1) is 0 Å². The van der Waals surface area contributed by atoms with Crippen LogP contribution in [0.4, 0.5) is 0 Å². The number of hydrogen-bond acceptors (Lipinski definition) is 1. The first kappa shape index (κ1) is 10.2. The zero-order chi connectivity index (χ0) is 10.1. The second kappa shape index (κ2) is 4.06. The Morgan fingerprint density at radius 1 is 1.43 bits per heavy atom. The summed E-state index contributed by atoms with van der Waals surface area (Å²) < 4.78 is 1.04. The van der Waals surface area contributed by atoms with E-state index in [2.05, 4.69) is 22.6 Å². The van der Waals surface area contributed by atoms with Crippen LogP contribution in [-0.4, -0.2) is 23.9 Å². The molecule has 0 bridgehead atoms. The molecule has 1 fully saturated rings. The highest BCUT2D eigenvalue weighted by atomic mass is 127. The molecular weight excluding hydrogens is 312 g/mol. The van der Waals surface area contributed by atoms with Crippen LogP contribution in [0.15, 0.2) is 18.2 Å². The van der Waals surface area contributed by atoms with Crippen molar-refractivity contribution in [3.8, 4) is 0 Å². The smallest absolute Gasteiger partial charge is 0.255 e. The average Bonchev–Trinajstić information content (AvgIpc) is 2.06. The van der Waals surface area contributed by atoms with Crippen molar-refractivity contribution in [2.24, 2.45) is 0 Å². The van der Waals surface area contributed by atoms with Gasteiger partial charge < -0.3 is 4.90 Å². The van der Waals surface area contributed by atoms with Crippen molar-refractivity contribution < 1.29 is 4.79 Å². The second-order valence-electron chi connectivity index (χ2n) is 3.27. The van der Waals surface area contributed by atoms with E-state index >= 15 is 0 Å². The minimum atomic E-state index is 0.0553. The molecule has 1 amide bonds. The van der Waals surface area contributed by atoms with Crippen LogP contribution in [0.25, 0.3) is 0 Å². The van der Waals surface area contributed by atoms with E-state index in [4.69, 9.17) is 11.6 Å². The van der Waals surface area contributed by atoms with Crippen molar-refractivity contribution in [2.45, 2.75) is 6.42 Å². The molecule has 1 aliphatic heterocycles. The fraction of sp³-hybridized carbons (Fsp3) is 0.300. The molecule has 1 aromatic carbocycles. The lowest BCUT2D eigenvalue weighted by molar-refractivity contribution is 0.0652. The molecule has 1 aromatic rings. The molecule has 4 heteroatoms. The van der Waals surface area contributed by atoms with Crippen LogP contribution in [-0.2, 0) is 0 Å². The molecule has 0 spiro atoms. The largest absolute Gasteiger partial charge is 0.338 e. The predicted molar refractivity (Wildman–Crippen MR) is 64.7 cm³/mol. The van der Waals surface area contributed by atoms with Gasteiger partial charge in [0.1, 0.15) is 0 Å². The third-order valence-corrected chi connectivity index (χ3v) is 3.30. The van der Waals surface area contributed by atoms with Crippen LogP contribution in [0.1, 0.15) is 16.8 Å². The molecule has 0 aliphatic carbocycles. The van der Waals surface area contributed by atoms with Gasteiger partial charge in [0.25, 0.3) is 5.91 Å². The summed E-state index contributed by atoms with van der Waals surface area (Å²) in [5.74, 6) is 0.0553.